The molecule has 1 unspecified atom stereocenters. The van der Waals surface area contributed by atoms with Crippen molar-refractivity contribution < 1.29 is 4.74 Å². The molecule has 0 bridgehead atoms. The van der Waals surface area contributed by atoms with Crippen molar-refractivity contribution >= 4 is 16.5 Å². The van der Waals surface area contributed by atoms with Crippen molar-refractivity contribution in [3.8, 4) is 10.4 Å². The van der Waals surface area contributed by atoms with Gasteiger partial charge in [0.1, 0.15) is 0 Å². The number of hydrogen-bond donors (Lipinski definition) is 1. The normalized spacial score (nSPS) is 29.1. The van der Waals surface area contributed by atoms with Crippen LogP contribution in [-0.4, -0.2) is 48.8 Å². The van der Waals surface area contributed by atoms with Crippen LogP contribution in [0.25, 0.3) is 10.4 Å². The fourth-order valence-electron chi connectivity index (χ4n) is 5.21. The van der Waals surface area contributed by atoms with E-state index in [2.05, 4.69) is 45.5 Å². The zero-order chi connectivity index (χ0) is 18.1. The summed E-state index contributed by atoms with van der Waals surface area (Å²) in [4.78, 5) is 8.61. The molecule has 3 heterocycles. The Morgan fingerprint density at radius 1 is 1.07 bits per heavy atom. The van der Waals surface area contributed by atoms with E-state index < -0.39 is 0 Å². The lowest BCUT2D eigenvalue weighted by Gasteiger charge is -2.27. The van der Waals surface area contributed by atoms with E-state index in [0.717, 1.165) is 36.1 Å². The lowest BCUT2D eigenvalue weighted by atomic mass is 10.00. The molecule has 1 N–H and O–H groups in total. The summed E-state index contributed by atoms with van der Waals surface area (Å²) in [6, 6.07) is 11.2. The molecule has 1 aliphatic carbocycles. The summed E-state index contributed by atoms with van der Waals surface area (Å²) in [6.45, 7) is 5.83. The molecular weight excluding hydrogens is 354 g/mol. The molecule has 27 heavy (non-hydrogen) atoms. The second-order valence-electron chi connectivity index (χ2n) is 8.50. The minimum atomic E-state index is 0.597. The summed E-state index contributed by atoms with van der Waals surface area (Å²) in [6.07, 6.45) is 7.12. The Bertz CT molecular complexity index is 729. The molecular formula is C22H29N3OS. The van der Waals surface area contributed by atoms with Crippen molar-refractivity contribution in [3.63, 3.8) is 0 Å². The number of anilines is 1. The summed E-state index contributed by atoms with van der Waals surface area (Å²) in [7, 11) is 0. The van der Waals surface area contributed by atoms with E-state index in [1.807, 2.05) is 6.20 Å². The van der Waals surface area contributed by atoms with Crippen LogP contribution < -0.4 is 5.32 Å². The molecule has 1 aromatic carbocycles. The Balaban J connectivity index is 1.13. The van der Waals surface area contributed by atoms with Gasteiger partial charge in [-0.1, -0.05) is 41.7 Å². The fraction of sp³-hybridized carbons (Fsp3) is 0.591. The van der Waals surface area contributed by atoms with Gasteiger partial charge in [0.15, 0.2) is 5.13 Å². The molecule has 1 saturated carbocycles. The van der Waals surface area contributed by atoms with Gasteiger partial charge in [-0.3, -0.25) is 0 Å². The molecule has 3 fully saturated rings. The van der Waals surface area contributed by atoms with Crippen LogP contribution in [0.3, 0.4) is 0 Å². The Kier molecular flexibility index (Phi) is 5.16. The van der Waals surface area contributed by atoms with Crippen LogP contribution in [0, 0.1) is 17.8 Å². The third-order valence-electron chi connectivity index (χ3n) is 6.58. The number of ether oxygens (including phenoxy) is 1. The minimum absolute atomic E-state index is 0.597. The molecule has 5 rings (SSSR count). The first kappa shape index (κ1) is 17.7. The summed E-state index contributed by atoms with van der Waals surface area (Å²) in [5.41, 5.74) is 1.26. The van der Waals surface area contributed by atoms with Gasteiger partial charge in [0.2, 0.25) is 0 Å². The van der Waals surface area contributed by atoms with Gasteiger partial charge in [-0.15, -0.1) is 0 Å². The summed E-state index contributed by atoms with van der Waals surface area (Å²) >= 11 is 1.78. The second-order valence-corrected chi connectivity index (χ2v) is 9.53. The zero-order valence-electron chi connectivity index (χ0n) is 15.8. The molecule has 1 aromatic heterocycles. The van der Waals surface area contributed by atoms with Crippen LogP contribution in [0.15, 0.2) is 36.5 Å². The molecule has 2 saturated heterocycles. The Hall–Kier alpha value is -1.43. The van der Waals surface area contributed by atoms with Crippen LogP contribution >= 0.6 is 11.3 Å². The quantitative estimate of drug-likeness (QED) is 0.832. The van der Waals surface area contributed by atoms with Gasteiger partial charge in [0, 0.05) is 45.1 Å². The fourth-order valence-corrected chi connectivity index (χ4v) is 6.11. The third kappa shape index (κ3) is 4.05. The number of nitrogens with one attached hydrogen (secondary N) is 1. The van der Waals surface area contributed by atoms with Crippen LogP contribution in [0.2, 0.25) is 0 Å². The number of thiazole rings is 1. The van der Waals surface area contributed by atoms with Crippen LogP contribution in [0.1, 0.15) is 25.7 Å². The number of rotatable bonds is 5. The van der Waals surface area contributed by atoms with Crippen molar-refractivity contribution in [2.75, 3.05) is 38.2 Å². The predicted molar refractivity (Wildman–Crippen MR) is 111 cm³/mol. The molecule has 4 nitrogen and oxygen atoms in total. The van der Waals surface area contributed by atoms with E-state index in [9.17, 15) is 0 Å². The van der Waals surface area contributed by atoms with E-state index in [0.29, 0.717) is 6.04 Å². The standard InChI is InChI=1S/C22H29N3OS/c1-2-4-17(5-3-1)21-12-23-22(27-21)24-20-10-18-14-25(15-19(18)11-20)13-16-6-8-26-9-7-16/h1-5,12,16,18-20H,6-11,13-15H2,(H,23,24)/t18-,19+,20?. The topological polar surface area (TPSA) is 37.4 Å². The van der Waals surface area contributed by atoms with E-state index in [1.54, 1.807) is 11.3 Å². The second kappa shape index (κ2) is 7.90. The summed E-state index contributed by atoms with van der Waals surface area (Å²) in [5.74, 6) is 2.60. The summed E-state index contributed by atoms with van der Waals surface area (Å²) < 4.78 is 5.51. The van der Waals surface area contributed by atoms with E-state index in [1.165, 1.54) is 55.8 Å². The van der Waals surface area contributed by atoms with Crippen molar-refractivity contribution in [1.82, 2.24) is 9.88 Å². The number of aromatic nitrogens is 1. The minimum Gasteiger partial charge on any atom is -0.381 e. The van der Waals surface area contributed by atoms with Crippen molar-refractivity contribution in [1.29, 1.82) is 0 Å². The first-order valence-electron chi connectivity index (χ1n) is 10.4. The van der Waals surface area contributed by atoms with Gasteiger partial charge in [-0.05, 0) is 49.0 Å². The Morgan fingerprint density at radius 3 is 2.56 bits per heavy atom. The van der Waals surface area contributed by atoms with Crippen molar-refractivity contribution in [2.45, 2.75) is 31.7 Å². The average Bonchev–Trinajstić information content (AvgIpc) is 3.39. The van der Waals surface area contributed by atoms with Gasteiger partial charge >= 0.3 is 0 Å². The highest BCUT2D eigenvalue weighted by Crippen LogP contribution is 2.40. The lowest BCUT2D eigenvalue weighted by molar-refractivity contribution is 0.0545. The van der Waals surface area contributed by atoms with Gasteiger partial charge < -0.3 is 15.0 Å². The van der Waals surface area contributed by atoms with Crippen LogP contribution in [-0.2, 0) is 4.74 Å². The number of hydrogen-bond acceptors (Lipinski definition) is 5. The van der Waals surface area contributed by atoms with E-state index in [-0.39, 0.29) is 0 Å². The van der Waals surface area contributed by atoms with Crippen molar-refractivity contribution in [3.05, 3.63) is 36.5 Å². The van der Waals surface area contributed by atoms with E-state index >= 15 is 0 Å². The molecule has 2 aliphatic heterocycles. The van der Waals surface area contributed by atoms with Crippen LogP contribution in [0.4, 0.5) is 5.13 Å². The molecule has 3 aliphatic rings. The average molecular weight is 384 g/mol. The lowest BCUT2D eigenvalue weighted by Crippen LogP contribution is -2.32. The van der Waals surface area contributed by atoms with Crippen molar-refractivity contribution in [2.24, 2.45) is 17.8 Å². The molecule has 0 amide bonds. The maximum atomic E-state index is 5.51. The van der Waals surface area contributed by atoms with Gasteiger partial charge in [0.05, 0.1) is 4.88 Å². The number of benzene rings is 1. The molecule has 0 radical (unpaired) electrons. The summed E-state index contributed by atoms with van der Waals surface area (Å²) in [5, 5.41) is 4.81. The first-order valence-corrected chi connectivity index (χ1v) is 11.2. The Labute approximate surface area is 165 Å². The SMILES string of the molecule is c1ccc(-c2cnc(NC3C[C@@H]4CN(CC5CCOCC5)C[C@@H]4C3)s2)cc1. The van der Waals surface area contributed by atoms with Gasteiger partial charge in [0.25, 0.3) is 0 Å². The molecule has 0 spiro atoms. The molecule has 144 valence electrons. The van der Waals surface area contributed by atoms with Gasteiger partial charge in [-0.25, -0.2) is 4.98 Å². The molecule has 2 aromatic rings. The highest BCUT2D eigenvalue weighted by atomic mass is 32.1. The largest absolute Gasteiger partial charge is 0.381 e. The predicted octanol–water partition coefficient (Wildman–Crippen LogP) is 4.36. The highest BCUT2D eigenvalue weighted by molar-refractivity contribution is 7.18. The van der Waals surface area contributed by atoms with E-state index in [4.69, 9.17) is 4.74 Å². The number of likely N-dealkylation sites (tertiary alicyclic amines) is 1. The van der Waals surface area contributed by atoms with Crippen LogP contribution in [0.5, 0.6) is 0 Å². The maximum absolute atomic E-state index is 5.51. The highest BCUT2D eigenvalue weighted by Gasteiger charge is 2.41. The smallest absolute Gasteiger partial charge is 0.183 e. The Morgan fingerprint density at radius 2 is 1.81 bits per heavy atom. The zero-order valence-corrected chi connectivity index (χ0v) is 16.7. The molecule has 3 atom stereocenters. The number of nitrogens with zero attached hydrogens (tertiary/aromatic N) is 2. The first-order chi connectivity index (χ1) is 13.3. The molecule has 5 heteroatoms. The number of fused-ring (bicyclic) bond motifs is 1. The monoisotopic (exact) mass is 383 g/mol. The third-order valence-corrected chi connectivity index (χ3v) is 7.55. The van der Waals surface area contributed by atoms with Gasteiger partial charge in [-0.2, -0.15) is 0 Å². The maximum Gasteiger partial charge on any atom is 0.183 e.